The summed E-state index contributed by atoms with van der Waals surface area (Å²) in [5, 5.41) is 6.54. The van der Waals surface area contributed by atoms with Crippen LogP contribution in [-0.4, -0.2) is 43.9 Å². The molecule has 188 valence electrons. The predicted octanol–water partition coefficient (Wildman–Crippen LogP) is 4.37. The molecule has 0 aliphatic heterocycles. The van der Waals surface area contributed by atoms with Gasteiger partial charge in [0.15, 0.2) is 0 Å². The van der Waals surface area contributed by atoms with Crippen LogP contribution in [0, 0.1) is 11.8 Å². The van der Waals surface area contributed by atoms with Gasteiger partial charge in [-0.1, -0.05) is 17.7 Å². The van der Waals surface area contributed by atoms with Crippen LogP contribution in [-0.2, 0) is 20.7 Å². The van der Waals surface area contributed by atoms with E-state index in [1.54, 1.807) is 13.2 Å². The van der Waals surface area contributed by atoms with E-state index in [-0.39, 0.29) is 23.8 Å². The lowest BCUT2D eigenvalue weighted by Crippen LogP contribution is -2.32. The molecular weight excluding hydrogens is 470 g/mol. The number of methoxy groups -OCH3 is 2. The molecule has 0 spiro atoms. The summed E-state index contributed by atoms with van der Waals surface area (Å²) in [6.07, 6.45) is 5.97. The van der Waals surface area contributed by atoms with Crippen LogP contribution in [0.1, 0.15) is 60.1 Å². The first kappa shape index (κ1) is 26.5. The van der Waals surface area contributed by atoms with Crippen LogP contribution in [0.25, 0.3) is 0 Å². The largest absolute Gasteiger partial charge is 0.496 e. The van der Waals surface area contributed by atoms with Gasteiger partial charge in [-0.2, -0.15) is 0 Å². The number of pyridine rings is 1. The number of aromatic nitrogens is 1. The number of rotatable bonds is 10. The zero-order valence-corrected chi connectivity index (χ0v) is 21.1. The van der Waals surface area contributed by atoms with E-state index in [2.05, 4.69) is 15.6 Å². The Bertz CT molecular complexity index is 1050. The Morgan fingerprint density at radius 3 is 2.57 bits per heavy atom. The van der Waals surface area contributed by atoms with E-state index in [0.717, 1.165) is 43.1 Å². The number of ether oxygens (including phenoxy) is 2. The van der Waals surface area contributed by atoms with Crippen LogP contribution in [0.3, 0.4) is 0 Å². The highest BCUT2D eigenvalue weighted by Gasteiger charge is 2.27. The van der Waals surface area contributed by atoms with E-state index in [1.165, 1.54) is 13.3 Å². The highest BCUT2D eigenvalue weighted by atomic mass is 35.5. The molecule has 0 saturated heterocycles. The van der Waals surface area contributed by atoms with E-state index in [1.807, 2.05) is 25.1 Å². The molecular formula is C26H32ClN3O5. The maximum atomic E-state index is 12.6. The third-order valence-electron chi connectivity index (χ3n) is 6.47. The molecule has 1 aromatic heterocycles. The van der Waals surface area contributed by atoms with Gasteiger partial charge in [-0.3, -0.25) is 9.59 Å². The number of aldehydes is 1. The molecule has 1 unspecified atom stereocenters. The molecule has 1 aliphatic rings. The van der Waals surface area contributed by atoms with Crippen molar-refractivity contribution in [3.05, 3.63) is 52.2 Å². The van der Waals surface area contributed by atoms with Gasteiger partial charge in [-0.15, -0.1) is 0 Å². The van der Waals surface area contributed by atoms with Crippen molar-refractivity contribution in [2.75, 3.05) is 26.1 Å². The Labute approximate surface area is 210 Å². The summed E-state index contributed by atoms with van der Waals surface area (Å²) < 4.78 is 10.3. The van der Waals surface area contributed by atoms with Crippen LogP contribution in [0.4, 0.5) is 5.82 Å². The molecule has 1 aromatic carbocycles. The molecule has 0 radical (unpaired) electrons. The molecule has 1 saturated carbocycles. The number of esters is 1. The number of anilines is 1. The van der Waals surface area contributed by atoms with Crippen molar-refractivity contribution in [3.8, 4) is 5.75 Å². The first-order chi connectivity index (χ1) is 16.9. The summed E-state index contributed by atoms with van der Waals surface area (Å²) >= 11 is 6.44. The number of nitrogens with one attached hydrogen (secondary N) is 2. The zero-order chi connectivity index (χ0) is 25.4. The Hall–Kier alpha value is -3.13. The van der Waals surface area contributed by atoms with E-state index in [4.69, 9.17) is 21.1 Å². The highest BCUT2D eigenvalue weighted by molar-refractivity contribution is 6.33. The molecule has 1 amide bonds. The lowest BCUT2D eigenvalue weighted by atomic mass is 9.82. The molecule has 1 heterocycles. The summed E-state index contributed by atoms with van der Waals surface area (Å²) in [7, 11) is 3.01. The van der Waals surface area contributed by atoms with Gasteiger partial charge in [0.2, 0.25) is 0 Å². The molecule has 35 heavy (non-hydrogen) atoms. The van der Waals surface area contributed by atoms with Gasteiger partial charge in [-0.05, 0) is 62.3 Å². The second kappa shape index (κ2) is 12.5. The van der Waals surface area contributed by atoms with Crippen LogP contribution in [0.15, 0.2) is 30.5 Å². The van der Waals surface area contributed by atoms with Crippen molar-refractivity contribution < 1.29 is 23.9 Å². The summed E-state index contributed by atoms with van der Waals surface area (Å²) in [5.41, 5.74) is 2.13. The molecule has 8 nitrogen and oxygen atoms in total. The van der Waals surface area contributed by atoms with Crippen LogP contribution < -0.4 is 15.4 Å². The fourth-order valence-corrected chi connectivity index (χ4v) is 4.63. The van der Waals surface area contributed by atoms with Crippen LogP contribution in [0.2, 0.25) is 5.02 Å². The van der Waals surface area contributed by atoms with Crippen molar-refractivity contribution in [2.24, 2.45) is 11.8 Å². The third kappa shape index (κ3) is 6.94. The molecule has 1 fully saturated rings. The normalized spacial score (nSPS) is 18.3. The van der Waals surface area contributed by atoms with Crippen LogP contribution >= 0.6 is 11.6 Å². The second-order valence-electron chi connectivity index (χ2n) is 8.82. The number of hydrogen-bond acceptors (Lipinski definition) is 7. The van der Waals surface area contributed by atoms with E-state index < -0.39 is 0 Å². The summed E-state index contributed by atoms with van der Waals surface area (Å²) in [4.78, 5) is 39.6. The van der Waals surface area contributed by atoms with E-state index in [0.29, 0.717) is 41.0 Å². The maximum Gasteiger partial charge on any atom is 0.308 e. The average Bonchev–Trinajstić information content (AvgIpc) is 2.88. The van der Waals surface area contributed by atoms with Crippen molar-refractivity contribution in [1.82, 2.24) is 10.3 Å². The number of hydrogen-bond donors (Lipinski definition) is 2. The van der Waals surface area contributed by atoms with E-state index >= 15 is 0 Å². The van der Waals surface area contributed by atoms with Crippen molar-refractivity contribution in [2.45, 2.75) is 45.1 Å². The smallest absolute Gasteiger partial charge is 0.308 e. The summed E-state index contributed by atoms with van der Waals surface area (Å²) in [6, 6.07) is 6.98. The standard InChI is InChI=1S/C26H32ClN3O5/c1-16(21-12-17(10-11-31)6-9-23(21)34-2)30-24-22(27)13-20(15-28-24)25(32)29-14-18-4-7-19(8-5-18)26(33)35-3/h6,9,11-13,15-16,18-19H,4-5,7-8,10,14H2,1-3H3,(H,28,30)(H,29,32). The van der Waals surface area contributed by atoms with Gasteiger partial charge in [0.25, 0.3) is 5.91 Å². The van der Waals surface area contributed by atoms with E-state index in [9.17, 15) is 14.4 Å². The summed E-state index contributed by atoms with van der Waals surface area (Å²) in [6.45, 7) is 2.48. The number of benzene rings is 1. The quantitative estimate of drug-likeness (QED) is 0.368. The molecule has 3 rings (SSSR count). The lowest BCUT2D eigenvalue weighted by Gasteiger charge is -2.27. The Morgan fingerprint density at radius 2 is 1.94 bits per heavy atom. The Balaban J connectivity index is 1.58. The topological polar surface area (TPSA) is 107 Å². The molecule has 1 aliphatic carbocycles. The molecule has 2 aromatic rings. The Kier molecular flexibility index (Phi) is 9.48. The first-order valence-corrected chi connectivity index (χ1v) is 12.1. The van der Waals surface area contributed by atoms with Crippen molar-refractivity contribution in [3.63, 3.8) is 0 Å². The number of nitrogens with zero attached hydrogens (tertiary/aromatic N) is 1. The van der Waals surface area contributed by atoms with Crippen molar-refractivity contribution >= 4 is 35.6 Å². The van der Waals surface area contributed by atoms with Gasteiger partial charge in [0.05, 0.1) is 36.8 Å². The Morgan fingerprint density at radius 1 is 1.20 bits per heavy atom. The number of carbonyl (C=O) groups is 3. The molecule has 2 N–H and O–H groups in total. The zero-order valence-electron chi connectivity index (χ0n) is 20.3. The fraction of sp³-hybridized carbons (Fsp3) is 0.462. The summed E-state index contributed by atoms with van der Waals surface area (Å²) in [5.74, 6) is 1.03. The fourth-order valence-electron chi connectivity index (χ4n) is 4.40. The third-order valence-corrected chi connectivity index (χ3v) is 6.76. The number of amides is 1. The minimum atomic E-state index is -0.239. The van der Waals surface area contributed by atoms with Gasteiger partial charge in [0.1, 0.15) is 17.9 Å². The van der Waals surface area contributed by atoms with Gasteiger partial charge >= 0.3 is 5.97 Å². The molecule has 9 heteroatoms. The minimum absolute atomic E-state index is 0.0372. The average molecular weight is 502 g/mol. The van der Waals surface area contributed by atoms with Gasteiger partial charge < -0.3 is 24.9 Å². The number of halogens is 1. The minimum Gasteiger partial charge on any atom is -0.496 e. The lowest BCUT2D eigenvalue weighted by molar-refractivity contribution is -0.146. The maximum absolute atomic E-state index is 12.6. The highest BCUT2D eigenvalue weighted by Crippen LogP contribution is 2.31. The van der Waals surface area contributed by atoms with Gasteiger partial charge in [0, 0.05) is 24.7 Å². The van der Waals surface area contributed by atoms with Crippen LogP contribution in [0.5, 0.6) is 5.75 Å². The molecule has 1 atom stereocenters. The van der Waals surface area contributed by atoms with Gasteiger partial charge in [-0.25, -0.2) is 4.98 Å². The number of carbonyl (C=O) groups excluding carboxylic acids is 3. The second-order valence-corrected chi connectivity index (χ2v) is 9.23. The monoisotopic (exact) mass is 501 g/mol. The SMILES string of the molecule is COC(=O)C1CCC(CNC(=O)c2cnc(NC(C)c3cc(CC=O)ccc3OC)c(Cl)c2)CC1. The first-order valence-electron chi connectivity index (χ1n) is 11.7. The van der Waals surface area contributed by atoms with Crippen molar-refractivity contribution in [1.29, 1.82) is 0 Å². The predicted molar refractivity (Wildman–Crippen MR) is 134 cm³/mol. The molecule has 0 bridgehead atoms.